The molecule has 0 N–H and O–H groups in total. The quantitative estimate of drug-likeness (QED) is 0.580. The van der Waals surface area contributed by atoms with E-state index in [2.05, 4.69) is 11.3 Å². The van der Waals surface area contributed by atoms with Gasteiger partial charge in [-0.25, -0.2) is 4.79 Å². The van der Waals surface area contributed by atoms with E-state index in [4.69, 9.17) is 4.74 Å². The van der Waals surface area contributed by atoms with Crippen molar-refractivity contribution < 1.29 is 14.3 Å². The van der Waals surface area contributed by atoms with Crippen molar-refractivity contribution in [2.75, 3.05) is 14.2 Å². The van der Waals surface area contributed by atoms with Gasteiger partial charge in [-0.3, -0.25) is 0 Å². The summed E-state index contributed by atoms with van der Waals surface area (Å²) in [5.74, 6) is 0.422. The number of benzene rings is 1. The van der Waals surface area contributed by atoms with Gasteiger partial charge in [-0.15, -0.1) is 0 Å². The van der Waals surface area contributed by atoms with Crippen LogP contribution in [-0.4, -0.2) is 20.2 Å². The molecule has 1 aromatic rings. The molecular formula is C13H16O3. The highest BCUT2D eigenvalue weighted by Crippen LogP contribution is 2.27. The normalized spacial score (nSPS) is 9.75. The molecule has 3 heteroatoms. The fourth-order valence-electron chi connectivity index (χ4n) is 1.69. The topological polar surface area (TPSA) is 35.5 Å². The zero-order chi connectivity index (χ0) is 12.3. The Balaban J connectivity index is 3.18. The molecule has 0 atom stereocenters. The van der Waals surface area contributed by atoms with E-state index in [-0.39, 0.29) is 0 Å². The van der Waals surface area contributed by atoms with Crippen molar-refractivity contribution in [1.29, 1.82) is 0 Å². The molecule has 0 aliphatic heterocycles. The number of methoxy groups -OCH3 is 2. The molecule has 0 aliphatic carbocycles. The van der Waals surface area contributed by atoms with Crippen molar-refractivity contribution in [3.8, 4) is 5.75 Å². The van der Waals surface area contributed by atoms with Gasteiger partial charge in [-0.2, -0.15) is 0 Å². The molecule has 0 radical (unpaired) electrons. The minimum absolute atomic E-state index is 0.358. The van der Waals surface area contributed by atoms with Crippen LogP contribution in [0.3, 0.4) is 0 Å². The lowest BCUT2D eigenvalue weighted by atomic mass is 10.0. The Morgan fingerprint density at radius 1 is 1.19 bits per heavy atom. The summed E-state index contributed by atoms with van der Waals surface area (Å²) in [6, 6.07) is 3.73. The molecule has 0 spiro atoms. The number of aryl methyl sites for hydroxylation is 2. The van der Waals surface area contributed by atoms with Crippen LogP contribution >= 0.6 is 0 Å². The number of carbonyl (C=O) groups excluding carboxylic acids is 1. The van der Waals surface area contributed by atoms with Crippen LogP contribution in [0.5, 0.6) is 5.75 Å². The Hall–Kier alpha value is -1.77. The number of hydrogen-bond donors (Lipinski definition) is 0. The van der Waals surface area contributed by atoms with E-state index in [0.29, 0.717) is 5.57 Å². The van der Waals surface area contributed by atoms with Crippen LogP contribution in [0.4, 0.5) is 0 Å². The lowest BCUT2D eigenvalue weighted by molar-refractivity contribution is -0.133. The summed E-state index contributed by atoms with van der Waals surface area (Å²) < 4.78 is 9.88. The summed E-state index contributed by atoms with van der Waals surface area (Å²) in [6.45, 7) is 7.58. The highest BCUT2D eigenvalue weighted by molar-refractivity contribution is 6.15. The van der Waals surface area contributed by atoms with Crippen LogP contribution in [0.1, 0.15) is 16.7 Å². The average molecular weight is 220 g/mol. The fraction of sp³-hybridized carbons (Fsp3) is 0.308. The van der Waals surface area contributed by atoms with Crippen LogP contribution in [0, 0.1) is 13.8 Å². The standard InChI is InChI=1S/C13H16O3/c1-8-6-11(10(3)13(14)16-5)7-9(2)12(8)15-4/h6-7H,3H2,1-2,4-5H3. The first-order valence-corrected chi connectivity index (χ1v) is 4.94. The lowest BCUT2D eigenvalue weighted by Crippen LogP contribution is -2.03. The molecule has 1 aromatic carbocycles. The zero-order valence-electron chi connectivity index (χ0n) is 10.1. The minimum atomic E-state index is -0.413. The van der Waals surface area contributed by atoms with Gasteiger partial charge in [0.05, 0.1) is 19.8 Å². The fourth-order valence-corrected chi connectivity index (χ4v) is 1.69. The lowest BCUT2D eigenvalue weighted by Gasteiger charge is -2.11. The van der Waals surface area contributed by atoms with E-state index < -0.39 is 5.97 Å². The molecular weight excluding hydrogens is 204 g/mol. The Morgan fingerprint density at radius 3 is 2.06 bits per heavy atom. The molecule has 0 heterocycles. The zero-order valence-corrected chi connectivity index (χ0v) is 10.1. The number of hydrogen-bond acceptors (Lipinski definition) is 3. The summed E-state index contributed by atoms with van der Waals surface area (Å²) in [5, 5.41) is 0. The molecule has 3 nitrogen and oxygen atoms in total. The molecule has 0 saturated carbocycles. The predicted molar refractivity (Wildman–Crippen MR) is 63.5 cm³/mol. The maximum absolute atomic E-state index is 11.3. The number of ether oxygens (including phenoxy) is 2. The van der Waals surface area contributed by atoms with Crippen LogP contribution in [-0.2, 0) is 9.53 Å². The van der Waals surface area contributed by atoms with E-state index in [1.165, 1.54) is 7.11 Å². The van der Waals surface area contributed by atoms with Gasteiger partial charge in [-0.1, -0.05) is 6.58 Å². The van der Waals surface area contributed by atoms with Gasteiger partial charge in [0.2, 0.25) is 0 Å². The van der Waals surface area contributed by atoms with Gasteiger partial charge < -0.3 is 9.47 Å². The second-order valence-corrected chi connectivity index (χ2v) is 3.61. The van der Waals surface area contributed by atoms with Crippen molar-refractivity contribution in [3.05, 3.63) is 35.4 Å². The van der Waals surface area contributed by atoms with E-state index in [0.717, 1.165) is 22.4 Å². The van der Waals surface area contributed by atoms with E-state index in [1.54, 1.807) is 7.11 Å². The highest BCUT2D eigenvalue weighted by atomic mass is 16.5. The van der Waals surface area contributed by atoms with Crippen molar-refractivity contribution in [3.63, 3.8) is 0 Å². The third kappa shape index (κ3) is 2.24. The third-order valence-corrected chi connectivity index (χ3v) is 2.44. The van der Waals surface area contributed by atoms with Gasteiger partial charge in [0.1, 0.15) is 5.75 Å². The summed E-state index contributed by atoms with van der Waals surface area (Å²) in [7, 11) is 2.97. The Bertz CT molecular complexity index is 410. The van der Waals surface area contributed by atoms with Crippen molar-refractivity contribution >= 4 is 11.5 Å². The van der Waals surface area contributed by atoms with Crippen LogP contribution in [0.15, 0.2) is 18.7 Å². The molecule has 86 valence electrons. The van der Waals surface area contributed by atoms with Crippen molar-refractivity contribution in [1.82, 2.24) is 0 Å². The first kappa shape index (κ1) is 12.3. The molecule has 1 rings (SSSR count). The van der Waals surface area contributed by atoms with Gasteiger partial charge in [0, 0.05) is 0 Å². The molecule has 0 aliphatic rings. The van der Waals surface area contributed by atoms with E-state index in [9.17, 15) is 4.79 Å². The average Bonchev–Trinajstić information content (AvgIpc) is 2.26. The maximum Gasteiger partial charge on any atom is 0.337 e. The first-order valence-electron chi connectivity index (χ1n) is 4.94. The first-order chi connectivity index (χ1) is 7.51. The number of rotatable bonds is 3. The van der Waals surface area contributed by atoms with Gasteiger partial charge in [0.25, 0.3) is 0 Å². The monoisotopic (exact) mass is 220 g/mol. The molecule has 16 heavy (non-hydrogen) atoms. The van der Waals surface area contributed by atoms with Gasteiger partial charge >= 0.3 is 5.97 Å². The third-order valence-electron chi connectivity index (χ3n) is 2.44. The Kier molecular flexibility index (Phi) is 3.72. The van der Waals surface area contributed by atoms with Crippen LogP contribution in [0.25, 0.3) is 5.57 Å². The van der Waals surface area contributed by atoms with Gasteiger partial charge in [-0.05, 0) is 42.7 Å². The summed E-state index contributed by atoms with van der Waals surface area (Å²) >= 11 is 0. The second kappa shape index (κ2) is 4.84. The Morgan fingerprint density at radius 2 is 1.69 bits per heavy atom. The van der Waals surface area contributed by atoms with E-state index in [1.807, 2.05) is 26.0 Å². The molecule has 0 aromatic heterocycles. The van der Waals surface area contributed by atoms with Crippen LogP contribution < -0.4 is 4.74 Å². The summed E-state index contributed by atoms with van der Waals surface area (Å²) in [5.41, 5.74) is 3.07. The second-order valence-electron chi connectivity index (χ2n) is 3.61. The largest absolute Gasteiger partial charge is 0.496 e. The predicted octanol–water partition coefficient (Wildman–Crippen LogP) is 2.50. The molecule has 0 amide bonds. The van der Waals surface area contributed by atoms with Gasteiger partial charge in [0.15, 0.2) is 0 Å². The maximum atomic E-state index is 11.3. The number of carbonyl (C=O) groups is 1. The van der Waals surface area contributed by atoms with E-state index >= 15 is 0 Å². The molecule has 0 bridgehead atoms. The minimum Gasteiger partial charge on any atom is -0.496 e. The number of esters is 1. The van der Waals surface area contributed by atoms with Crippen molar-refractivity contribution in [2.24, 2.45) is 0 Å². The highest BCUT2D eigenvalue weighted by Gasteiger charge is 2.12. The molecule has 0 unspecified atom stereocenters. The molecule has 0 fully saturated rings. The Labute approximate surface area is 95.7 Å². The van der Waals surface area contributed by atoms with Crippen molar-refractivity contribution in [2.45, 2.75) is 13.8 Å². The molecule has 0 saturated heterocycles. The summed E-state index contributed by atoms with van der Waals surface area (Å²) in [6.07, 6.45) is 0. The SMILES string of the molecule is C=C(C(=O)OC)c1cc(C)c(OC)c(C)c1. The summed E-state index contributed by atoms with van der Waals surface area (Å²) in [4.78, 5) is 11.3. The van der Waals surface area contributed by atoms with Crippen LogP contribution in [0.2, 0.25) is 0 Å². The smallest absolute Gasteiger partial charge is 0.337 e.